The molecule has 0 saturated heterocycles. The van der Waals surface area contributed by atoms with Gasteiger partial charge in [-0.15, -0.1) is 0 Å². The minimum absolute atomic E-state index is 0.112. The minimum atomic E-state index is -5.08. The number of aliphatic carboxylic acids is 1. The molecule has 1 aliphatic carbocycles. The van der Waals surface area contributed by atoms with E-state index >= 15 is 0 Å². The summed E-state index contributed by atoms with van der Waals surface area (Å²) in [6.07, 6.45) is -1.43. The largest absolute Gasteiger partial charge is 0.490 e. The van der Waals surface area contributed by atoms with Gasteiger partial charge in [0.05, 0.1) is 11.7 Å². The number of H-pyrrole nitrogens is 1. The van der Waals surface area contributed by atoms with Gasteiger partial charge >= 0.3 is 18.2 Å². The molecule has 1 atom stereocenters. The predicted molar refractivity (Wildman–Crippen MR) is 208 cm³/mol. The van der Waals surface area contributed by atoms with Gasteiger partial charge in [0.1, 0.15) is 6.04 Å². The zero-order valence-corrected chi connectivity index (χ0v) is 31.7. The van der Waals surface area contributed by atoms with Crippen LogP contribution >= 0.6 is 0 Å². The van der Waals surface area contributed by atoms with Gasteiger partial charge in [-0.1, -0.05) is 50.2 Å². The number of carboxylic acids is 1. The molecule has 5 rings (SSSR count). The highest BCUT2D eigenvalue weighted by atomic mass is 19.4. The van der Waals surface area contributed by atoms with Crippen LogP contribution in [-0.2, 0) is 20.8 Å². The Bertz CT molecular complexity index is 1980. The van der Waals surface area contributed by atoms with Crippen molar-refractivity contribution in [2.75, 3.05) is 38.0 Å². The summed E-state index contributed by atoms with van der Waals surface area (Å²) in [5.41, 5.74) is 4.69. The molecule has 4 amide bonds. The van der Waals surface area contributed by atoms with Crippen molar-refractivity contribution in [1.29, 1.82) is 0 Å². The number of nitrogens with zero attached hydrogens (tertiary/aromatic N) is 2. The number of halogens is 3. The number of nitrogens with one attached hydrogen (secondary N) is 5. The molecular weight excluding hydrogens is 747 g/mol. The molecule has 1 saturated carbocycles. The van der Waals surface area contributed by atoms with Crippen LogP contribution in [0.4, 0.5) is 23.7 Å². The van der Waals surface area contributed by atoms with Crippen LogP contribution in [0, 0.1) is 11.8 Å². The number of fused-ring (bicyclic) bond motifs is 1. The zero-order chi connectivity index (χ0) is 41.5. The molecule has 0 unspecified atom stereocenters. The number of carboxylic acid groups (broad SMARTS) is 2. The van der Waals surface area contributed by atoms with Gasteiger partial charge in [0.25, 0.3) is 5.91 Å². The Labute approximate surface area is 327 Å². The van der Waals surface area contributed by atoms with E-state index in [1.807, 2.05) is 54.6 Å². The average molecular weight is 796 g/mol. The van der Waals surface area contributed by atoms with Crippen LogP contribution < -0.4 is 21.3 Å². The number of benzene rings is 3. The van der Waals surface area contributed by atoms with Crippen molar-refractivity contribution in [2.45, 2.75) is 58.2 Å². The van der Waals surface area contributed by atoms with Crippen molar-refractivity contribution in [3.8, 4) is 11.1 Å². The minimum Gasteiger partial charge on any atom is -0.475 e. The Kier molecular flexibility index (Phi) is 16.0. The summed E-state index contributed by atoms with van der Waals surface area (Å²) >= 11 is 0. The smallest absolute Gasteiger partial charge is 0.475 e. The van der Waals surface area contributed by atoms with Gasteiger partial charge < -0.3 is 36.4 Å². The van der Waals surface area contributed by atoms with Crippen LogP contribution in [-0.4, -0.2) is 100 Å². The van der Waals surface area contributed by atoms with Crippen molar-refractivity contribution in [3.05, 3.63) is 84.1 Å². The molecule has 0 spiro atoms. The number of anilines is 1. The summed E-state index contributed by atoms with van der Waals surface area (Å²) in [6, 6.07) is 19.9. The van der Waals surface area contributed by atoms with Gasteiger partial charge in [-0.3, -0.25) is 19.5 Å². The molecule has 3 aromatic carbocycles. The molecule has 1 aromatic heterocycles. The molecule has 57 heavy (non-hydrogen) atoms. The topological polar surface area (TPSA) is 206 Å². The molecule has 1 aliphatic rings. The van der Waals surface area contributed by atoms with Gasteiger partial charge in [-0.25, -0.2) is 9.59 Å². The van der Waals surface area contributed by atoms with Crippen LogP contribution in [0.25, 0.3) is 22.0 Å². The van der Waals surface area contributed by atoms with Crippen LogP contribution in [0.5, 0.6) is 0 Å². The number of rotatable bonds is 15. The highest BCUT2D eigenvalue weighted by Crippen LogP contribution is 2.29. The highest BCUT2D eigenvalue weighted by molar-refractivity contribution is 5.99. The fourth-order valence-electron chi connectivity index (χ4n) is 6.50. The molecule has 1 heterocycles. The lowest BCUT2D eigenvalue weighted by Gasteiger charge is -2.29. The Hall–Kier alpha value is -5.97. The number of hydrogen-bond donors (Lipinski definition) is 7. The third-order valence-corrected chi connectivity index (χ3v) is 9.80. The van der Waals surface area contributed by atoms with E-state index in [9.17, 15) is 32.3 Å². The average Bonchev–Trinajstić information content (AvgIpc) is 3.67. The molecular formula is C40H48F3N7O7. The Morgan fingerprint density at radius 2 is 1.58 bits per heavy atom. The maximum absolute atomic E-state index is 13.8. The van der Waals surface area contributed by atoms with E-state index in [1.54, 1.807) is 18.3 Å². The summed E-state index contributed by atoms with van der Waals surface area (Å²) in [4.78, 5) is 62.0. The third-order valence-electron chi connectivity index (χ3n) is 9.80. The van der Waals surface area contributed by atoms with E-state index in [0.717, 1.165) is 60.1 Å². The first-order chi connectivity index (χ1) is 27.2. The van der Waals surface area contributed by atoms with E-state index in [1.165, 1.54) is 0 Å². The number of likely N-dealkylation sites (N-methyl/N-ethyl adjacent to an activating group) is 1. The van der Waals surface area contributed by atoms with Gasteiger partial charge in [-0.05, 0) is 91.7 Å². The second-order valence-electron chi connectivity index (χ2n) is 13.7. The molecule has 1 fully saturated rings. The number of carbonyl (C=O) groups excluding carboxylic acids is 3. The van der Waals surface area contributed by atoms with E-state index in [-0.39, 0.29) is 36.0 Å². The van der Waals surface area contributed by atoms with E-state index in [2.05, 4.69) is 50.2 Å². The highest BCUT2D eigenvalue weighted by Gasteiger charge is 2.38. The van der Waals surface area contributed by atoms with Gasteiger partial charge in [0, 0.05) is 48.6 Å². The number of amides is 4. The molecule has 14 nitrogen and oxygen atoms in total. The monoisotopic (exact) mass is 795 g/mol. The van der Waals surface area contributed by atoms with E-state index in [0.29, 0.717) is 37.2 Å². The zero-order valence-electron chi connectivity index (χ0n) is 31.7. The van der Waals surface area contributed by atoms with Crippen molar-refractivity contribution in [3.63, 3.8) is 0 Å². The van der Waals surface area contributed by atoms with Crippen LogP contribution in [0.2, 0.25) is 0 Å². The first-order valence-corrected chi connectivity index (χ1v) is 18.7. The van der Waals surface area contributed by atoms with E-state index in [4.69, 9.17) is 15.0 Å². The number of carbonyl (C=O) groups is 5. The van der Waals surface area contributed by atoms with Crippen LogP contribution in [0.1, 0.15) is 55.5 Å². The van der Waals surface area contributed by atoms with Gasteiger partial charge in [0.2, 0.25) is 11.8 Å². The molecule has 0 radical (unpaired) electrons. The summed E-state index contributed by atoms with van der Waals surface area (Å²) < 4.78 is 31.7. The van der Waals surface area contributed by atoms with Crippen molar-refractivity contribution in [1.82, 2.24) is 31.0 Å². The maximum Gasteiger partial charge on any atom is 0.490 e. The summed E-state index contributed by atoms with van der Waals surface area (Å²) in [5.74, 6) is -3.45. The molecule has 4 aromatic rings. The fraction of sp³-hybridized carbons (Fsp3) is 0.400. The predicted octanol–water partition coefficient (Wildman–Crippen LogP) is 5.67. The summed E-state index contributed by atoms with van der Waals surface area (Å²) in [7, 11) is 0. The third kappa shape index (κ3) is 13.6. The first-order valence-electron chi connectivity index (χ1n) is 18.7. The first kappa shape index (κ1) is 43.8. The standard InChI is InChI=1S/C38H47N7O5.C2HF3O2/c1-3-45(4-2)19-18-39-35(46)28-14-12-27(13-15-28)30-7-5-6-26(20-30)21-34(37(48)42-32-17-16-31-24-41-44-33(31)22-32)43-36(47)29-10-8-25(9-11-29)23-40-38(49)50;3-2(4,5)1(6)7/h5-7,12-17,20,22,24-25,29,34,40H,3-4,8-11,18-19,21,23H2,1-2H3,(H,39,46)(H,41,44)(H,42,48)(H,43,47)(H,49,50);(H,6,7)/t25?,29?,34-;/m0./s1. The number of aromatic nitrogens is 2. The van der Waals surface area contributed by atoms with E-state index < -0.39 is 24.3 Å². The van der Waals surface area contributed by atoms with Crippen molar-refractivity contribution >= 4 is 46.4 Å². The molecule has 0 bridgehead atoms. The molecule has 306 valence electrons. The fourth-order valence-corrected chi connectivity index (χ4v) is 6.50. The summed E-state index contributed by atoms with van der Waals surface area (Å²) in [5, 5.41) is 35.4. The molecule has 17 heteroatoms. The Morgan fingerprint density at radius 3 is 2.21 bits per heavy atom. The quantitative estimate of drug-likeness (QED) is 0.0790. The molecule has 0 aliphatic heterocycles. The number of aromatic amines is 1. The molecule has 7 N–H and O–H groups in total. The Morgan fingerprint density at radius 1 is 0.895 bits per heavy atom. The van der Waals surface area contributed by atoms with Gasteiger partial charge in [0.15, 0.2) is 0 Å². The lowest BCUT2D eigenvalue weighted by molar-refractivity contribution is -0.192. The Balaban J connectivity index is 0.000000940. The second kappa shape index (κ2) is 20.8. The SMILES string of the molecule is CCN(CC)CCNC(=O)c1ccc(-c2cccc(C[C@H](NC(=O)C3CCC(CNC(=O)O)CC3)C(=O)Nc3ccc4cn[nH]c4c3)c2)cc1.O=C(O)C(F)(F)F. The lowest BCUT2D eigenvalue weighted by atomic mass is 9.81. The van der Waals surface area contributed by atoms with Crippen LogP contribution in [0.3, 0.4) is 0 Å². The number of alkyl halides is 3. The normalized spacial score (nSPS) is 15.8. The summed E-state index contributed by atoms with van der Waals surface area (Å²) in [6.45, 7) is 7.85. The number of hydrogen-bond acceptors (Lipinski definition) is 7. The van der Waals surface area contributed by atoms with Crippen molar-refractivity contribution < 1.29 is 47.4 Å². The second-order valence-corrected chi connectivity index (χ2v) is 13.7. The maximum atomic E-state index is 13.8. The lowest BCUT2D eigenvalue weighted by Crippen LogP contribution is -2.48. The van der Waals surface area contributed by atoms with Crippen molar-refractivity contribution in [2.24, 2.45) is 11.8 Å². The van der Waals surface area contributed by atoms with Crippen LogP contribution in [0.15, 0.2) is 72.9 Å². The van der Waals surface area contributed by atoms with Gasteiger partial charge in [-0.2, -0.15) is 18.3 Å².